The van der Waals surface area contributed by atoms with Crippen LogP contribution >= 0.6 is 11.3 Å². The van der Waals surface area contributed by atoms with Gasteiger partial charge in [0.15, 0.2) is 0 Å². The van der Waals surface area contributed by atoms with Gasteiger partial charge in [-0.15, -0.1) is 11.3 Å². The fourth-order valence-electron chi connectivity index (χ4n) is 7.42. The zero-order valence-corrected chi connectivity index (χ0v) is 25.6. The largest absolute Gasteiger partial charge is 0.455 e. The Balaban J connectivity index is 1.33. The van der Waals surface area contributed by atoms with Gasteiger partial charge < -0.3 is 4.42 Å². The van der Waals surface area contributed by atoms with Crippen LogP contribution < -0.4 is 0 Å². The molecule has 0 atom stereocenters. The maximum Gasteiger partial charge on any atom is 0.144 e. The molecule has 10 rings (SSSR count). The minimum Gasteiger partial charge on any atom is -0.455 e. The lowest BCUT2D eigenvalue weighted by atomic mass is 9.87. The fraction of sp³-hybridized carbons (Fsp3) is 0. The lowest BCUT2D eigenvalue weighted by Crippen LogP contribution is -1.89. The Morgan fingerprint density at radius 2 is 1.09 bits per heavy atom. The van der Waals surface area contributed by atoms with Crippen LogP contribution in [0, 0.1) is 0 Å². The van der Waals surface area contributed by atoms with Crippen LogP contribution in [0.25, 0.3) is 97.0 Å². The zero-order valence-electron chi connectivity index (χ0n) is 24.8. The molecule has 0 unspecified atom stereocenters. The molecule has 0 radical (unpaired) electrons. The molecule has 8 aromatic carbocycles. The lowest BCUT2D eigenvalue weighted by Gasteiger charge is -2.15. The first-order valence-electron chi connectivity index (χ1n) is 15.7. The minimum absolute atomic E-state index is 0.907. The summed E-state index contributed by atoms with van der Waals surface area (Å²) in [5.74, 6) is 0. The number of thiophene rings is 1. The highest BCUT2D eigenvalue weighted by molar-refractivity contribution is 7.26. The molecule has 2 heteroatoms. The van der Waals surface area contributed by atoms with Crippen molar-refractivity contribution in [3.05, 3.63) is 158 Å². The van der Waals surface area contributed by atoms with Crippen LogP contribution in [0.4, 0.5) is 0 Å². The van der Waals surface area contributed by atoms with Crippen LogP contribution in [0.5, 0.6) is 0 Å². The molecule has 0 amide bonds. The molecule has 0 aliphatic carbocycles. The number of rotatable bonds is 3. The van der Waals surface area contributed by atoms with E-state index in [2.05, 4.69) is 158 Å². The molecule has 0 aliphatic rings. The summed E-state index contributed by atoms with van der Waals surface area (Å²) in [5, 5.41) is 9.80. The zero-order chi connectivity index (χ0) is 30.2. The van der Waals surface area contributed by atoms with Gasteiger partial charge in [0.05, 0.1) is 0 Å². The van der Waals surface area contributed by atoms with E-state index in [-0.39, 0.29) is 0 Å². The van der Waals surface area contributed by atoms with Gasteiger partial charge in [0.2, 0.25) is 0 Å². The Kier molecular flexibility index (Phi) is 5.51. The molecule has 0 aliphatic heterocycles. The van der Waals surface area contributed by atoms with E-state index < -0.39 is 0 Å². The molecular weight excluding hydrogens is 577 g/mol. The number of furan rings is 1. The highest BCUT2D eigenvalue weighted by Crippen LogP contribution is 2.49. The summed E-state index contributed by atoms with van der Waals surface area (Å²) < 4.78 is 9.47. The normalized spacial score (nSPS) is 11.9. The summed E-state index contributed by atoms with van der Waals surface area (Å²) in [6.07, 6.45) is 0. The molecule has 0 bridgehead atoms. The second-order valence-corrected chi connectivity index (χ2v) is 13.1. The van der Waals surface area contributed by atoms with E-state index in [1.54, 1.807) is 0 Å². The molecule has 10 aromatic rings. The minimum atomic E-state index is 0.907. The molecular formula is C44H26OS. The van der Waals surface area contributed by atoms with E-state index in [0.29, 0.717) is 0 Å². The average Bonchev–Trinajstić information content (AvgIpc) is 3.69. The summed E-state index contributed by atoms with van der Waals surface area (Å²) in [6, 6.07) is 57.1. The highest BCUT2D eigenvalue weighted by atomic mass is 32.1. The van der Waals surface area contributed by atoms with E-state index in [0.717, 1.165) is 22.1 Å². The third-order valence-corrected chi connectivity index (χ3v) is 10.6. The van der Waals surface area contributed by atoms with Gasteiger partial charge in [0, 0.05) is 42.1 Å². The van der Waals surface area contributed by atoms with Gasteiger partial charge in [-0.25, -0.2) is 0 Å². The summed E-state index contributed by atoms with van der Waals surface area (Å²) in [7, 11) is 0. The standard InChI is InChI=1S/C44H26OS/c1-2-12-28(13-3-1)32-18-10-20-39-42(32)36-26-31(23-24-38(36)46-39)41-34-16-7-6-15-33(34)40(30-22-21-27-11-4-5-14-29(27)25-30)43-35-17-8-9-19-37(35)45-44(41)43/h1-26H. The van der Waals surface area contributed by atoms with Crippen molar-refractivity contribution in [2.24, 2.45) is 0 Å². The van der Waals surface area contributed by atoms with E-state index in [1.165, 1.54) is 74.9 Å². The summed E-state index contributed by atoms with van der Waals surface area (Å²) >= 11 is 1.86. The third-order valence-electron chi connectivity index (χ3n) is 9.44. The van der Waals surface area contributed by atoms with Crippen molar-refractivity contribution < 1.29 is 4.42 Å². The van der Waals surface area contributed by atoms with Gasteiger partial charge in [-0.2, -0.15) is 0 Å². The summed E-state index contributed by atoms with van der Waals surface area (Å²) in [6.45, 7) is 0. The predicted octanol–water partition coefficient (Wildman–Crippen LogP) is 13.3. The Labute approximate surface area is 269 Å². The smallest absolute Gasteiger partial charge is 0.144 e. The quantitative estimate of drug-likeness (QED) is 0.196. The second kappa shape index (κ2) is 9.90. The summed E-state index contributed by atoms with van der Waals surface area (Å²) in [4.78, 5) is 0. The van der Waals surface area contributed by atoms with Crippen LogP contribution in [-0.2, 0) is 0 Å². The lowest BCUT2D eigenvalue weighted by molar-refractivity contribution is 0.670. The molecule has 0 spiro atoms. The first-order valence-corrected chi connectivity index (χ1v) is 16.5. The van der Waals surface area contributed by atoms with Crippen LogP contribution in [-0.4, -0.2) is 0 Å². The van der Waals surface area contributed by atoms with Gasteiger partial charge in [-0.1, -0.05) is 127 Å². The van der Waals surface area contributed by atoms with Gasteiger partial charge in [-0.05, 0) is 74.1 Å². The van der Waals surface area contributed by atoms with E-state index >= 15 is 0 Å². The van der Waals surface area contributed by atoms with Crippen LogP contribution in [0.15, 0.2) is 162 Å². The number of hydrogen-bond acceptors (Lipinski definition) is 2. The van der Waals surface area contributed by atoms with Gasteiger partial charge >= 0.3 is 0 Å². The molecule has 0 fully saturated rings. The van der Waals surface area contributed by atoms with Crippen molar-refractivity contribution in [2.45, 2.75) is 0 Å². The molecule has 0 saturated carbocycles. The maximum atomic E-state index is 6.87. The number of fused-ring (bicyclic) bond motifs is 8. The van der Waals surface area contributed by atoms with Crippen LogP contribution in [0.1, 0.15) is 0 Å². The topological polar surface area (TPSA) is 13.1 Å². The summed E-state index contributed by atoms with van der Waals surface area (Å²) in [5.41, 5.74) is 9.08. The first-order chi connectivity index (χ1) is 22.8. The van der Waals surface area contributed by atoms with Gasteiger partial charge in [0.1, 0.15) is 11.2 Å². The molecule has 1 nitrogen and oxygen atoms in total. The Morgan fingerprint density at radius 3 is 1.96 bits per heavy atom. The molecule has 2 aromatic heterocycles. The number of benzene rings is 8. The van der Waals surface area contributed by atoms with E-state index in [1.807, 2.05) is 11.3 Å². The van der Waals surface area contributed by atoms with E-state index in [4.69, 9.17) is 4.42 Å². The van der Waals surface area contributed by atoms with E-state index in [9.17, 15) is 0 Å². The molecule has 46 heavy (non-hydrogen) atoms. The number of hydrogen-bond donors (Lipinski definition) is 0. The molecule has 0 N–H and O–H groups in total. The van der Waals surface area contributed by atoms with Gasteiger partial charge in [-0.3, -0.25) is 0 Å². The molecule has 214 valence electrons. The van der Waals surface area contributed by atoms with Crippen molar-refractivity contribution >= 4 is 75.0 Å². The van der Waals surface area contributed by atoms with Crippen molar-refractivity contribution in [2.75, 3.05) is 0 Å². The van der Waals surface area contributed by atoms with Crippen molar-refractivity contribution in [1.29, 1.82) is 0 Å². The molecule has 2 heterocycles. The Morgan fingerprint density at radius 1 is 0.391 bits per heavy atom. The van der Waals surface area contributed by atoms with Crippen molar-refractivity contribution in [3.8, 4) is 33.4 Å². The second-order valence-electron chi connectivity index (χ2n) is 12.0. The SMILES string of the molecule is c1ccc(-c2cccc3sc4ccc(-c5c6ccccc6c(-c6ccc7ccccc7c6)c6c5oc5ccccc56)cc4c23)cc1. The van der Waals surface area contributed by atoms with Crippen LogP contribution in [0.3, 0.4) is 0 Å². The van der Waals surface area contributed by atoms with Crippen molar-refractivity contribution in [1.82, 2.24) is 0 Å². The first kappa shape index (κ1) is 25.6. The highest BCUT2D eigenvalue weighted by Gasteiger charge is 2.23. The van der Waals surface area contributed by atoms with Crippen molar-refractivity contribution in [3.63, 3.8) is 0 Å². The average molecular weight is 603 g/mol. The van der Waals surface area contributed by atoms with Crippen LogP contribution in [0.2, 0.25) is 0 Å². The van der Waals surface area contributed by atoms with Gasteiger partial charge in [0.25, 0.3) is 0 Å². The monoisotopic (exact) mass is 602 g/mol. The predicted molar refractivity (Wildman–Crippen MR) is 198 cm³/mol. The Hall–Kier alpha value is -5.70. The molecule has 0 saturated heterocycles. The maximum absolute atomic E-state index is 6.87. The fourth-order valence-corrected chi connectivity index (χ4v) is 8.53. The third kappa shape index (κ3) is 3.74. The Bertz CT molecular complexity index is 2800. The number of para-hydroxylation sites is 1.